The molecule has 1 fully saturated rings. The third kappa shape index (κ3) is 4.02. The van der Waals surface area contributed by atoms with Gasteiger partial charge in [-0.05, 0) is 35.4 Å². The van der Waals surface area contributed by atoms with Crippen molar-refractivity contribution in [1.29, 1.82) is 0 Å². The van der Waals surface area contributed by atoms with E-state index in [-0.39, 0.29) is 11.9 Å². The van der Waals surface area contributed by atoms with Crippen LogP contribution in [0, 0.1) is 0 Å². The number of rotatable bonds is 5. The fraction of sp³-hybridized carbons (Fsp3) is 0.292. The summed E-state index contributed by atoms with van der Waals surface area (Å²) in [6, 6.07) is 25.3. The second kappa shape index (κ2) is 8.44. The maximum atomic E-state index is 12.7. The molecule has 1 heterocycles. The van der Waals surface area contributed by atoms with Crippen LogP contribution in [-0.4, -0.2) is 43.5 Å². The van der Waals surface area contributed by atoms with E-state index in [1.807, 2.05) is 11.0 Å². The van der Waals surface area contributed by atoms with Crippen LogP contribution < -0.4 is 10.2 Å². The Balaban J connectivity index is 1.32. The SMILES string of the molecule is C[C@@H](NCC(=O)N1CCN(c2ccccc2)CC1)c1cccc2ccccc12. The van der Waals surface area contributed by atoms with E-state index in [1.165, 1.54) is 22.0 Å². The quantitative estimate of drug-likeness (QED) is 0.738. The van der Waals surface area contributed by atoms with Crippen LogP contribution >= 0.6 is 0 Å². The molecule has 0 radical (unpaired) electrons. The predicted octanol–water partition coefficient (Wildman–Crippen LogP) is 3.84. The standard InChI is InChI=1S/C24H27N3O/c1-19(22-13-7-9-20-8-5-6-12-23(20)22)25-18-24(28)27-16-14-26(15-17-27)21-10-3-2-4-11-21/h2-13,19,25H,14-18H2,1H3/t19-/m1/s1. The minimum Gasteiger partial charge on any atom is -0.368 e. The summed E-state index contributed by atoms with van der Waals surface area (Å²) in [6.45, 7) is 5.82. The van der Waals surface area contributed by atoms with Crippen LogP contribution in [0.4, 0.5) is 5.69 Å². The number of fused-ring (bicyclic) bond motifs is 1. The van der Waals surface area contributed by atoms with Crippen LogP contribution in [0.2, 0.25) is 0 Å². The highest BCUT2D eigenvalue weighted by Crippen LogP contribution is 2.24. The monoisotopic (exact) mass is 373 g/mol. The Morgan fingerprint density at radius 2 is 1.57 bits per heavy atom. The molecule has 0 saturated carbocycles. The first-order chi connectivity index (χ1) is 13.7. The van der Waals surface area contributed by atoms with Crippen LogP contribution in [0.1, 0.15) is 18.5 Å². The van der Waals surface area contributed by atoms with Gasteiger partial charge >= 0.3 is 0 Å². The number of nitrogens with one attached hydrogen (secondary N) is 1. The first kappa shape index (κ1) is 18.5. The Bertz CT molecular complexity index is 927. The lowest BCUT2D eigenvalue weighted by atomic mass is 10.00. The van der Waals surface area contributed by atoms with Gasteiger partial charge in [-0.15, -0.1) is 0 Å². The van der Waals surface area contributed by atoms with Gasteiger partial charge in [0.1, 0.15) is 0 Å². The number of anilines is 1. The molecule has 0 unspecified atom stereocenters. The fourth-order valence-electron chi connectivity index (χ4n) is 3.94. The maximum absolute atomic E-state index is 12.7. The minimum atomic E-state index is 0.126. The molecule has 1 N–H and O–H groups in total. The van der Waals surface area contributed by atoms with Gasteiger partial charge in [-0.1, -0.05) is 60.7 Å². The normalized spacial score (nSPS) is 15.6. The number of piperazine rings is 1. The van der Waals surface area contributed by atoms with Gasteiger partial charge in [0.2, 0.25) is 5.91 Å². The summed E-state index contributed by atoms with van der Waals surface area (Å²) in [4.78, 5) is 17.0. The molecule has 4 rings (SSSR count). The molecule has 0 aromatic heterocycles. The highest BCUT2D eigenvalue weighted by atomic mass is 16.2. The first-order valence-electron chi connectivity index (χ1n) is 10.0. The molecule has 1 atom stereocenters. The second-order valence-corrected chi connectivity index (χ2v) is 7.37. The molecule has 4 heteroatoms. The number of para-hydroxylation sites is 1. The summed E-state index contributed by atoms with van der Waals surface area (Å²) in [7, 11) is 0. The van der Waals surface area contributed by atoms with Crippen molar-refractivity contribution in [3.05, 3.63) is 78.4 Å². The van der Waals surface area contributed by atoms with E-state index in [1.54, 1.807) is 0 Å². The summed E-state index contributed by atoms with van der Waals surface area (Å²) >= 11 is 0. The third-order valence-electron chi connectivity index (χ3n) is 5.60. The molecule has 0 aliphatic carbocycles. The highest BCUT2D eigenvalue weighted by Gasteiger charge is 2.21. The summed E-state index contributed by atoms with van der Waals surface area (Å²) in [5.74, 6) is 0.180. The number of hydrogen-bond acceptors (Lipinski definition) is 3. The fourth-order valence-corrected chi connectivity index (χ4v) is 3.94. The lowest BCUT2D eigenvalue weighted by molar-refractivity contribution is -0.130. The van der Waals surface area contributed by atoms with Crippen molar-refractivity contribution in [2.45, 2.75) is 13.0 Å². The van der Waals surface area contributed by atoms with E-state index in [0.717, 1.165) is 26.2 Å². The molecule has 144 valence electrons. The van der Waals surface area contributed by atoms with Crippen molar-refractivity contribution in [2.24, 2.45) is 0 Å². The molecule has 3 aromatic carbocycles. The number of amides is 1. The lowest BCUT2D eigenvalue weighted by Gasteiger charge is -2.36. The Morgan fingerprint density at radius 1 is 0.893 bits per heavy atom. The van der Waals surface area contributed by atoms with E-state index in [0.29, 0.717) is 6.54 Å². The van der Waals surface area contributed by atoms with E-state index >= 15 is 0 Å². The zero-order chi connectivity index (χ0) is 19.3. The molecular weight excluding hydrogens is 346 g/mol. The minimum absolute atomic E-state index is 0.126. The molecule has 1 aliphatic heterocycles. The maximum Gasteiger partial charge on any atom is 0.236 e. The molecule has 0 spiro atoms. The Hall–Kier alpha value is -2.85. The van der Waals surface area contributed by atoms with Crippen LogP contribution in [0.15, 0.2) is 72.8 Å². The van der Waals surface area contributed by atoms with Crippen LogP contribution in [0.5, 0.6) is 0 Å². The Kier molecular flexibility index (Phi) is 5.58. The van der Waals surface area contributed by atoms with Gasteiger partial charge in [0.25, 0.3) is 0 Å². The molecule has 0 bridgehead atoms. The number of carbonyl (C=O) groups is 1. The van der Waals surface area contributed by atoms with Crippen molar-refractivity contribution in [1.82, 2.24) is 10.2 Å². The summed E-state index contributed by atoms with van der Waals surface area (Å²) in [6.07, 6.45) is 0. The Labute approximate surface area is 166 Å². The van der Waals surface area contributed by atoms with Gasteiger partial charge in [-0.2, -0.15) is 0 Å². The molecule has 3 aromatic rings. The van der Waals surface area contributed by atoms with E-state index in [2.05, 4.69) is 83.9 Å². The lowest BCUT2D eigenvalue weighted by Crippen LogP contribution is -2.51. The molecule has 1 aliphatic rings. The van der Waals surface area contributed by atoms with Gasteiger partial charge in [-0.3, -0.25) is 4.79 Å². The number of benzene rings is 3. The number of hydrogen-bond donors (Lipinski definition) is 1. The summed E-state index contributed by atoms with van der Waals surface area (Å²) in [5.41, 5.74) is 2.47. The van der Waals surface area contributed by atoms with Crippen LogP contribution in [-0.2, 0) is 4.79 Å². The van der Waals surface area contributed by atoms with Gasteiger partial charge < -0.3 is 15.1 Å². The van der Waals surface area contributed by atoms with E-state index in [9.17, 15) is 4.79 Å². The van der Waals surface area contributed by atoms with Crippen LogP contribution in [0.25, 0.3) is 10.8 Å². The second-order valence-electron chi connectivity index (χ2n) is 7.37. The smallest absolute Gasteiger partial charge is 0.236 e. The topological polar surface area (TPSA) is 35.6 Å². The average molecular weight is 374 g/mol. The summed E-state index contributed by atoms with van der Waals surface area (Å²) in [5, 5.41) is 5.90. The predicted molar refractivity (Wildman–Crippen MR) is 116 cm³/mol. The zero-order valence-corrected chi connectivity index (χ0v) is 16.3. The molecule has 28 heavy (non-hydrogen) atoms. The number of carbonyl (C=O) groups excluding carboxylic acids is 1. The molecular formula is C24H27N3O. The van der Waals surface area contributed by atoms with Gasteiger partial charge in [-0.25, -0.2) is 0 Å². The van der Waals surface area contributed by atoms with Crippen molar-refractivity contribution in [2.75, 3.05) is 37.6 Å². The largest absolute Gasteiger partial charge is 0.368 e. The van der Waals surface area contributed by atoms with E-state index in [4.69, 9.17) is 0 Å². The van der Waals surface area contributed by atoms with Crippen molar-refractivity contribution >= 4 is 22.4 Å². The van der Waals surface area contributed by atoms with Crippen molar-refractivity contribution in [3.8, 4) is 0 Å². The Morgan fingerprint density at radius 3 is 2.36 bits per heavy atom. The van der Waals surface area contributed by atoms with E-state index < -0.39 is 0 Å². The van der Waals surface area contributed by atoms with Gasteiger partial charge in [0.15, 0.2) is 0 Å². The molecule has 4 nitrogen and oxygen atoms in total. The highest BCUT2D eigenvalue weighted by molar-refractivity contribution is 5.86. The third-order valence-corrected chi connectivity index (χ3v) is 5.60. The molecule has 1 saturated heterocycles. The molecule has 1 amide bonds. The van der Waals surface area contributed by atoms with Gasteiger partial charge in [0.05, 0.1) is 6.54 Å². The first-order valence-corrected chi connectivity index (χ1v) is 10.0. The average Bonchev–Trinajstić information content (AvgIpc) is 2.77. The zero-order valence-electron chi connectivity index (χ0n) is 16.3. The number of nitrogens with zero attached hydrogens (tertiary/aromatic N) is 2. The summed E-state index contributed by atoms with van der Waals surface area (Å²) < 4.78 is 0. The van der Waals surface area contributed by atoms with Crippen LogP contribution in [0.3, 0.4) is 0 Å². The van der Waals surface area contributed by atoms with Crippen molar-refractivity contribution in [3.63, 3.8) is 0 Å². The van der Waals surface area contributed by atoms with Gasteiger partial charge in [0, 0.05) is 37.9 Å². The van der Waals surface area contributed by atoms with Crippen molar-refractivity contribution < 1.29 is 4.79 Å².